The van der Waals surface area contributed by atoms with Gasteiger partial charge in [-0.3, -0.25) is 4.79 Å². The van der Waals surface area contributed by atoms with Crippen LogP contribution in [0, 0.1) is 13.8 Å². The Labute approximate surface area is 195 Å². The first-order chi connectivity index (χ1) is 15.0. The van der Waals surface area contributed by atoms with Crippen molar-refractivity contribution in [1.29, 1.82) is 0 Å². The number of aryl methyl sites for hydroxylation is 1. The van der Waals surface area contributed by atoms with Gasteiger partial charge in [0.05, 0.1) is 10.6 Å². The van der Waals surface area contributed by atoms with Crippen LogP contribution in [0.15, 0.2) is 53.0 Å². The van der Waals surface area contributed by atoms with Gasteiger partial charge in [0, 0.05) is 35.1 Å². The highest BCUT2D eigenvalue weighted by Gasteiger charge is 2.19. The fourth-order valence-corrected chi connectivity index (χ4v) is 5.40. The van der Waals surface area contributed by atoms with Gasteiger partial charge in [0.2, 0.25) is 0 Å². The van der Waals surface area contributed by atoms with Gasteiger partial charge in [-0.1, -0.05) is 47.6 Å². The maximum Gasteiger partial charge on any atom is 0.191 e. The zero-order valence-corrected chi connectivity index (χ0v) is 20.0. The summed E-state index contributed by atoms with van der Waals surface area (Å²) in [7, 11) is 0. The molecule has 0 fully saturated rings. The first-order valence-corrected chi connectivity index (χ1v) is 12.3. The van der Waals surface area contributed by atoms with Crippen molar-refractivity contribution in [2.75, 3.05) is 5.75 Å². The topological polar surface area (TPSA) is 52.7 Å². The Morgan fingerprint density at radius 2 is 1.94 bits per heavy atom. The van der Waals surface area contributed by atoms with Crippen LogP contribution in [0.2, 0.25) is 5.02 Å². The molecule has 31 heavy (non-hydrogen) atoms. The van der Waals surface area contributed by atoms with Gasteiger partial charge in [-0.05, 0) is 49.9 Å². The Kier molecular flexibility index (Phi) is 6.65. The summed E-state index contributed by atoms with van der Waals surface area (Å²) in [4.78, 5) is 14.1. The molecule has 1 aromatic carbocycles. The summed E-state index contributed by atoms with van der Waals surface area (Å²) >= 11 is 9.41. The Balaban J connectivity index is 1.51. The molecule has 0 radical (unpaired) electrons. The average molecular weight is 471 g/mol. The lowest BCUT2D eigenvalue weighted by atomic mass is 10.2. The molecule has 3 heterocycles. The largest absolute Gasteiger partial charge is 0.344 e. The molecule has 160 valence electrons. The summed E-state index contributed by atoms with van der Waals surface area (Å²) in [5.41, 5.74) is 3.79. The number of carbonyl (C=O) groups is 1. The van der Waals surface area contributed by atoms with E-state index in [0.717, 1.165) is 49.9 Å². The van der Waals surface area contributed by atoms with Gasteiger partial charge < -0.3 is 9.13 Å². The van der Waals surface area contributed by atoms with Crippen molar-refractivity contribution in [2.24, 2.45) is 0 Å². The number of thioether (sulfide) groups is 1. The molecule has 0 spiro atoms. The lowest BCUT2D eigenvalue weighted by Crippen LogP contribution is -2.08. The van der Waals surface area contributed by atoms with Crippen molar-refractivity contribution in [3.63, 3.8) is 0 Å². The molecule has 0 saturated heterocycles. The molecule has 0 aliphatic rings. The molecule has 0 N–H and O–H groups in total. The molecule has 4 aromatic rings. The highest BCUT2D eigenvalue weighted by atomic mass is 35.5. The van der Waals surface area contributed by atoms with Crippen LogP contribution in [0.4, 0.5) is 0 Å². The van der Waals surface area contributed by atoms with Gasteiger partial charge in [-0.2, -0.15) is 0 Å². The number of rotatable bonds is 8. The van der Waals surface area contributed by atoms with Crippen molar-refractivity contribution < 1.29 is 4.79 Å². The van der Waals surface area contributed by atoms with E-state index in [1.165, 1.54) is 11.8 Å². The Hall–Kier alpha value is -2.35. The molecule has 5 nitrogen and oxygen atoms in total. The number of Topliss-reactive ketones (excluding diaryl/α,β-unsaturated/α-hetero) is 1. The van der Waals surface area contributed by atoms with Crippen LogP contribution in [0.5, 0.6) is 0 Å². The van der Waals surface area contributed by atoms with Gasteiger partial charge in [-0.25, -0.2) is 0 Å². The summed E-state index contributed by atoms with van der Waals surface area (Å²) in [5.74, 6) is 1.26. The third-order valence-electron chi connectivity index (χ3n) is 5.27. The Bertz CT molecular complexity index is 1210. The highest BCUT2D eigenvalue weighted by molar-refractivity contribution is 7.99. The third-order valence-corrected chi connectivity index (χ3v) is 7.47. The van der Waals surface area contributed by atoms with Crippen LogP contribution in [-0.2, 0) is 13.1 Å². The van der Waals surface area contributed by atoms with Gasteiger partial charge in [0.25, 0.3) is 0 Å². The number of ketones is 1. The number of hydrogen-bond acceptors (Lipinski definition) is 5. The van der Waals surface area contributed by atoms with Crippen LogP contribution >= 0.6 is 34.7 Å². The van der Waals surface area contributed by atoms with E-state index >= 15 is 0 Å². The maximum absolute atomic E-state index is 13.0. The molecule has 0 aliphatic heterocycles. The fraction of sp³-hybridized carbons (Fsp3) is 0.261. The van der Waals surface area contributed by atoms with Crippen LogP contribution in [0.25, 0.3) is 10.7 Å². The maximum atomic E-state index is 13.0. The second kappa shape index (κ2) is 9.42. The zero-order valence-electron chi connectivity index (χ0n) is 17.6. The molecule has 0 saturated carbocycles. The quantitative estimate of drug-likeness (QED) is 0.230. The normalized spacial score (nSPS) is 11.2. The second-order valence-electron chi connectivity index (χ2n) is 7.20. The van der Waals surface area contributed by atoms with Crippen LogP contribution < -0.4 is 0 Å². The summed E-state index contributed by atoms with van der Waals surface area (Å²) in [6.07, 6.45) is 0. The zero-order chi connectivity index (χ0) is 22.0. The lowest BCUT2D eigenvalue weighted by Gasteiger charge is -2.11. The molecule has 8 heteroatoms. The van der Waals surface area contributed by atoms with E-state index in [-0.39, 0.29) is 5.78 Å². The minimum Gasteiger partial charge on any atom is -0.344 e. The summed E-state index contributed by atoms with van der Waals surface area (Å²) in [6.45, 7) is 7.48. The number of hydrogen-bond donors (Lipinski definition) is 0. The fourth-order valence-electron chi connectivity index (χ4n) is 3.60. The monoisotopic (exact) mass is 470 g/mol. The SMILES string of the molecule is CCn1c(SCC(=O)c2cc(C)n(Cc3ccccc3Cl)c2C)nnc1-c1cccs1. The Morgan fingerprint density at radius 3 is 2.65 bits per heavy atom. The van der Waals surface area contributed by atoms with E-state index < -0.39 is 0 Å². The van der Waals surface area contributed by atoms with Gasteiger partial charge in [0.1, 0.15) is 0 Å². The molecular weight excluding hydrogens is 448 g/mol. The van der Waals surface area contributed by atoms with E-state index in [4.69, 9.17) is 11.6 Å². The van der Waals surface area contributed by atoms with E-state index in [1.54, 1.807) is 11.3 Å². The molecule has 3 aromatic heterocycles. The van der Waals surface area contributed by atoms with E-state index in [2.05, 4.69) is 26.3 Å². The summed E-state index contributed by atoms with van der Waals surface area (Å²) < 4.78 is 4.20. The van der Waals surface area contributed by atoms with Crippen LogP contribution in [0.3, 0.4) is 0 Å². The number of nitrogens with zero attached hydrogens (tertiary/aromatic N) is 4. The molecule has 4 rings (SSSR count). The van der Waals surface area contributed by atoms with Crippen molar-refractivity contribution in [3.8, 4) is 10.7 Å². The smallest absolute Gasteiger partial charge is 0.191 e. The first-order valence-electron chi connectivity index (χ1n) is 10.0. The number of carbonyl (C=O) groups excluding carboxylic acids is 1. The van der Waals surface area contributed by atoms with E-state index in [9.17, 15) is 4.79 Å². The number of thiophene rings is 1. The lowest BCUT2D eigenvalue weighted by molar-refractivity contribution is 0.102. The van der Waals surface area contributed by atoms with Gasteiger partial charge >= 0.3 is 0 Å². The van der Waals surface area contributed by atoms with Crippen LogP contribution in [0.1, 0.15) is 34.2 Å². The summed E-state index contributed by atoms with van der Waals surface area (Å²) in [6, 6.07) is 13.8. The predicted octanol–water partition coefficient (Wildman–Crippen LogP) is 6.12. The van der Waals surface area contributed by atoms with Crippen molar-refractivity contribution in [3.05, 3.63) is 75.4 Å². The molecule has 0 atom stereocenters. The van der Waals surface area contributed by atoms with Crippen molar-refractivity contribution in [1.82, 2.24) is 19.3 Å². The standard InChI is InChI=1S/C23H23ClN4OS2/c1-4-27-22(21-10-7-11-30-21)25-26-23(27)31-14-20(29)18-12-15(2)28(16(18)3)13-17-8-5-6-9-19(17)24/h5-12H,4,13-14H2,1-3H3. The van der Waals surface area contributed by atoms with Gasteiger partial charge in [-0.15, -0.1) is 21.5 Å². The minimum atomic E-state index is 0.0897. The molecule has 0 amide bonds. The second-order valence-corrected chi connectivity index (χ2v) is 9.50. The van der Waals surface area contributed by atoms with Crippen LogP contribution in [-0.4, -0.2) is 30.9 Å². The van der Waals surface area contributed by atoms with E-state index in [1.807, 2.05) is 61.7 Å². The van der Waals surface area contributed by atoms with Gasteiger partial charge in [0.15, 0.2) is 16.8 Å². The van der Waals surface area contributed by atoms with Crippen molar-refractivity contribution >= 4 is 40.5 Å². The molecule has 0 bridgehead atoms. The highest BCUT2D eigenvalue weighted by Crippen LogP contribution is 2.28. The Morgan fingerprint density at radius 1 is 1.13 bits per heavy atom. The number of aromatic nitrogens is 4. The predicted molar refractivity (Wildman–Crippen MR) is 129 cm³/mol. The molecule has 0 unspecified atom stereocenters. The summed E-state index contributed by atoms with van der Waals surface area (Å²) in [5, 5.41) is 12.2. The molecular formula is C23H23ClN4OS2. The average Bonchev–Trinajstić information content (AvgIpc) is 3.48. The van der Waals surface area contributed by atoms with Crippen molar-refractivity contribution in [2.45, 2.75) is 39.0 Å². The first kappa shape index (κ1) is 21.9. The minimum absolute atomic E-state index is 0.0897. The van der Waals surface area contributed by atoms with E-state index in [0.29, 0.717) is 12.3 Å². The third kappa shape index (κ3) is 4.49. The molecule has 0 aliphatic carbocycles. The number of benzene rings is 1. The number of halogens is 1.